The summed E-state index contributed by atoms with van der Waals surface area (Å²) in [4.78, 5) is 12.8. The molecule has 3 aromatic rings. The minimum absolute atomic E-state index is 0. The Kier molecular flexibility index (Phi) is 7.42. The Hall–Kier alpha value is -2.83. The number of likely N-dealkylation sites (N-methyl/N-ethyl adjacent to an activating group) is 1. The largest absolute Gasteiger partial charge is 1.00 e. The second-order valence-corrected chi connectivity index (χ2v) is 7.55. The number of hydrogen-bond acceptors (Lipinski definition) is 4. The van der Waals surface area contributed by atoms with Crippen LogP contribution in [0, 0.1) is 0 Å². The highest BCUT2D eigenvalue weighted by atomic mass is 35.5. The number of carbonyl (C=O) groups is 1. The lowest BCUT2D eigenvalue weighted by atomic mass is 10.1. The first-order valence-corrected chi connectivity index (χ1v) is 9.14. The van der Waals surface area contributed by atoms with Crippen LogP contribution in [0.2, 0.25) is 0 Å². The van der Waals surface area contributed by atoms with Crippen molar-refractivity contribution in [2.45, 2.75) is 0 Å². The first-order valence-electron chi connectivity index (χ1n) is 9.14. The summed E-state index contributed by atoms with van der Waals surface area (Å²) in [5.74, 6) is 0.375. The number of esters is 1. The molecule has 6 nitrogen and oxygen atoms in total. The number of para-hydroxylation sites is 1. The topological polar surface area (TPSA) is 53.4 Å². The van der Waals surface area contributed by atoms with Gasteiger partial charge in [-0.05, 0) is 36.4 Å². The van der Waals surface area contributed by atoms with Gasteiger partial charge in [-0.25, -0.2) is 9.48 Å². The molecule has 0 aliphatic rings. The Bertz CT molecular complexity index is 932. The van der Waals surface area contributed by atoms with Crippen molar-refractivity contribution in [2.75, 3.05) is 41.4 Å². The van der Waals surface area contributed by atoms with Gasteiger partial charge in [0.1, 0.15) is 30.2 Å². The van der Waals surface area contributed by atoms with Crippen molar-refractivity contribution < 1.29 is 31.2 Å². The molecule has 1 aromatic heterocycles. The smallest absolute Gasteiger partial charge is 0.342 e. The zero-order valence-electron chi connectivity index (χ0n) is 17.1. The predicted molar refractivity (Wildman–Crippen MR) is 109 cm³/mol. The molecule has 3 rings (SSSR count). The lowest BCUT2D eigenvalue weighted by Gasteiger charge is -2.23. The van der Waals surface area contributed by atoms with Gasteiger partial charge in [0.2, 0.25) is 0 Å². The lowest BCUT2D eigenvalue weighted by molar-refractivity contribution is -0.870. The van der Waals surface area contributed by atoms with Crippen LogP contribution in [-0.4, -0.2) is 61.6 Å². The number of benzene rings is 2. The molecule has 0 radical (unpaired) electrons. The van der Waals surface area contributed by atoms with Gasteiger partial charge in [-0.2, -0.15) is 5.10 Å². The van der Waals surface area contributed by atoms with Crippen molar-refractivity contribution in [3.63, 3.8) is 0 Å². The highest BCUT2D eigenvalue weighted by Crippen LogP contribution is 2.26. The van der Waals surface area contributed by atoms with Crippen LogP contribution >= 0.6 is 0 Å². The van der Waals surface area contributed by atoms with E-state index in [0.717, 1.165) is 28.0 Å². The molecule has 0 fully saturated rings. The van der Waals surface area contributed by atoms with Gasteiger partial charge in [0.05, 0.1) is 33.9 Å². The summed E-state index contributed by atoms with van der Waals surface area (Å²) in [7, 11) is 7.80. The van der Waals surface area contributed by atoms with E-state index in [1.54, 1.807) is 18.0 Å². The lowest BCUT2D eigenvalue weighted by Crippen LogP contribution is -3.00. The fourth-order valence-corrected chi connectivity index (χ4v) is 2.69. The first kappa shape index (κ1) is 22.5. The molecule has 0 atom stereocenters. The molecule has 0 aliphatic heterocycles. The second kappa shape index (κ2) is 9.58. The van der Waals surface area contributed by atoms with Crippen LogP contribution in [0.15, 0.2) is 60.8 Å². The van der Waals surface area contributed by atoms with E-state index >= 15 is 0 Å². The van der Waals surface area contributed by atoms with E-state index < -0.39 is 0 Å². The molecule has 0 spiro atoms. The SMILES string of the molecule is COc1ccc(-c2nn(-c3ccccc3)cc2C(=O)OCC[N+](C)(C)C)cc1.[Cl-]. The highest BCUT2D eigenvalue weighted by Gasteiger charge is 2.21. The Morgan fingerprint density at radius 3 is 2.28 bits per heavy atom. The second-order valence-electron chi connectivity index (χ2n) is 7.55. The number of ether oxygens (including phenoxy) is 2. The van der Waals surface area contributed by atoms with Crippen LogP contribution in [0.3, 0.4) is 0 Å². The highest BCUT2D eigenvalue weighted by molar-refractivity contribution is 5.96. The van der Waals surface area contributed by atoms with E-state index in [0.29, 0.717) is 17.9 Å². The van der Waals surface area contributed by atoms with Gasteiger partial charge in [0, 0.05) is 11.8 Å². The molecule has 2 aromatic carbocycles. The third-order valence-electron chi connectivity index (χ3n) is 4.31. The van der Waals surface area contributed by atoms with Crippen LogP contribution in [0.4, 0.5) is 0 Å². The van der Waals surface area contributed by atoms with Gasteiger partial charge in [0.15, 0.2) is 0 Å². The van der Waals surface area contributed by atoms with Crippen LogP contribution in [0.1, 0.15) is 10.4 Å². The van der Waals surface area contributed by atoms with E-state index in [4.69, 9.17) is 9.47 Å². The molecule has 154 valence electrons. The Balaban J connectivity index is 0.00000300. The Labute approximate surface area is 177 Å². The molecular weight excluding hydrogens is 390 g/mol. The molecule has 0 amide bonds. The first-order chi connectivity index (χ1) is 13.4. The minimum atomic E-state index is -0.374. The van der Waals surface area contributed by atoms with Crippen molar-refractivity contribution in [3.8, 4) is 22.7 Å². The summed E-state index contributed by atoms with van der Waals surface area (Å²) >= 11 is 0. The number of nitrogens with zero attached hydrogens (tertiary/aromatic N) is 3. The fraction of sp³-hybridized carbons (Fsp3) is 0.273. The molecule has 0 saturated carbocycles. The van der Waals surface area contributed by atoms with Crippen molar-refractivity contribution in [2.24, 2.45) is 0 Å². The molecule has 0 bridgehead atoms. The Morgan fingerprint density at radius 1 is 1.03 bits per heavy atom. The molecule has 0 unspecified atom stereocenters. The number of rotatable bonds is 7. The number of quaternary nitrogens is 1. The van der Waals surface area contributed by atoms with Gasteiger partial charge in [0.25, 0.3) is 0 Å². The van der Waals surface area contributed by atoms with E-state index in [2.05, 4.69) is 26.2 Å². The summed E-state index contributed by atoms with van der Waals surface area (Å²) in [5, 5.41) is 4.66. The number of carbonyl (C=O) groups excluding carboxylic acids is 1. The summed E-state index contributed by atoms with van der Waals surface area (Å²) in [6, 6.07) is 17.2. The van der Waals surface area contributed by atoms with Crippen molar-refractivity contribution in [3.05, 3.63) is 66.4 Å². The van der Waals surface area contributed by atoms with E-state index in [1.807, 2.05) is 54.6 Å². The molecule has 7 heteroatoms. The van der Waals surface area contributed by atoms with Crippen LogP contribution < -0.4 is 17.1 Å². The van der Waals surface area contributed by atoms with Crippen LogP contribution in [0.25, 0.3) is 16.9 Å². The molecule has 29 heavy (non-hydrogen) atoms. The third kappa shape index (κ3) is 5.82. The maximum absolute atomic E-state index is 12.8. The molecule has 1 heterocycles. The van der Waals surface area contributed by atoms with Gasteiger partial charge in [-0.3, -0.25) is 0 Å². The van der Waals surface area contributed by atoms with Gasteiger partial charge in [-0.15, -0.1) is 0 Å². The molecule has 0 saturated heterocycles. The Morgan fingerprint density at radius 2 is 1.69 bits per heavy atom. The van der Waals surface area contributed by atoms with Crippen molar-refractivity contribution in [1.82, 2.24) is 9.78 Å². The quantitative estimate of drug-likeness (QED) is 0.414. The maximum Gasteiger partial charge on any atom is 0.342 e. The van der Waals surface area contributed by atoms with Crippen molar-refractivity contribution in [1.29, 1.82) is 0 Å². The predicted octanol–water partition coefficient (Wildman–Crippen LogP) is 0.415. The zero-order valence-corrected chi connectivity index (χ0v) is 17.9. The summed E-state index contributed by atoms with van der Waals surface area (Å²) in [6.07, 6.45) is 1.73. The van der Waals surface area contributed by atoms with E-state index in [-0.39, 0.29) is 18.4 Å². The average molecular weight is 416 g/mol. The maximum atomic E-state index is 12.8. The van der Waals surface area contributed by atoms with Crippen LogP contribution in [0.5, 0.6) is 5.75 Å². The molecule has 0 N–H and O–H groups in total. The average Bonchev–Trinajstić information content (AvgIpc) is 3.13. The van der Waals surface area contributed by atoms with Gasteiger partial charge >= 0.3 is 5.97 Å². The number of methoxy groups -OCH3 is 1. The van der Waals surface area contributed by atoms with Gasteiger partial charge in [-0.1, -0.05) is 18.2 Å². The summed E-state index contributed by atoms with van der Waals surface area (Å²) < 4.78 is 13.2. The third-order valence-corrected chi connectivity index (χ3v) is 4.31. The standard InChI is InChI=1S/C22H26N3O3.ClH/c1-25(2,3)14-15-28-22(26)20-16-24(18-8-6-5-7-9-18)23-21(20)17-10-12-19(27-4)13-11-17;/h5-13,16H,14-15H2,1-4H3;1H/q+1;/p-1. The van der Waals surface area contributed by atoms with Crippen LogP contribution in [-0.2, 0) is 4.74 Å². The summed E-state index contributed by atoms with van der Waals surface area (Å²) in [5.41, 5.74) is 2.73. The van der Waals surface area contributed by atoms with Crippen molar-refractivity contribution >= 4 is 5.97 Å². The summed E-state index contributed by atoms with van der Waals surface area (Å²) in [6.45, 7) is 1.08. The van der Waals surface area contributed by atoms with E-state index in [9.17, 15) is 4.79 Å². The normalized spacial score (nSPS) is 10.9. The number of aromatic nitrogens is 2. The van der Waals surface area contributed by atoms with Gasteiger partial charge < -0.3 is 26.4 Å². The number of halogens is 1. The van der Waals surface area contributed by atoms with E-state index in [1.165, 1.54) is 0 Å². The monoisotopic (exact) mass is 415 g/mol. The zero-order chi connectivity index (χ0) is 20.1. The number of hydrogen-bond donors (Lipinski definition) is 0. The molecular formula is C22H26ClN3O3. The fourth-order valence-electron chi connectivity index (χ4n) is 2.69. The molecule has 0 aliphatic carbocycles. The minimum Gasteiger partial charge on any atom is -1.00 e.